The Kier molecular flexibility index (Phi) is 3.80. The number of hydrogen-bond acceptors (Lipinski definition) is 5. The van der Waals surface area contributed by atoms with E-state index in [2.05, 4.69) is 25.9 Å². The van der Waals surface area contributed by atoms with Crippen LogP contribution < -0.4 is 11.3 Å². The van der Waals surface area contributed by atoms with Gasteiger partial charge in [-0.2, -0.15) is 0 Å². The maximum absolute atomic E-state index is 12.0. The molecule has 2 rings (SSSR count). The number of amides is 2. The summed E-state index contributed by atoms with van der Waals surface area (Å²) in [5.41, 5.74) is 2.19. The van der Waals surface area contributed by atoms with E-state index in [0.717, 1.165) is 0 Å². The van der Waals surface area contributed by atoms with E-state index < -0.39 is 5.91 Å². The smallest absolute Gasteiger partial charge is 0.287 e. The molecule has 20 heavy (non-hydrogen) atoms. The molecule has 1 saturated heterocycles. The number of hydrogen-bond donors (Lipinski definition) is 2. The predicted molar refractivity (Wildman–Crippen MR) is 71.1 cm³/mol. The van der Waals surface area contributed by atoms with Crippen molar-refractivity contribution in [3.05, 3.63) is 17.5 Å². The SMILES string of the molecule is CC(C)(C)C1CC(=O)N(Cc2cc(C(=O)NN)no2)C1. The number of aromatic nitrogens is 1. The van der Waals surface area contributed by atoms with E-state index in [1.165, 1.54) is 6.07 Å². The number of nitrogens with one attached hydrogen (secondary N) is 1. The van der Waals surface area contributed by atoms with E-state index in [0.29, 0.717) is 31.2 Å². The van der Waals surface area contributed by atoms with Crippen molar-refractivity contribution in [2.75, 3.05) is 6.54 Å². The van der Waals surface area contributed by atoms with Crippen LogP contribution in [-0.2, 0) is 11.3 Å². The molecule has 0 aliphatic carbocycles. The second kappa shape index (κ2) is 5.24. The second-order valence-electron chi connectivity index (χ2n) is 6.19. The number of likely N-dealkylation sites (tertiary alicyclic amines) is 1. The first-order chi connectivity index (χ1) is 9.31. The fourth-order valence-electron chi connectivity index (χ4n) is 2.26. The Bertz CT molecular complexity index is 518. The molecule has 1 unspecified atom stereocenters. The topological polar surface area (TPSA) is 101 Å². The molecule has 0 saturated carbocycles. The van der Waals surface area contributed by atoms with E-state index in [-0.39, 0.29) is 17.0 Å². The monoisotopic (exact) mass is 280 g/mol. The van der Waals surface area contributed by atoms with Gasteiger partial charge in [0.1, 0.15) is 0 Å². The van der Waals surface area contributed by atoms with Gasteiger partial charge in [-0.15, -0.1) is 0 Å². The van der Waals surface area contributed by atoms with E-state index in [4.69, 9.17) is 10.4 Å². The molecular formula is C13H20N4O3. The van der Waals surface area contributed by atoms with Crippen molar-refractivity contribution in [1.29, 1.82) is 0 Å². The van der Waals surface area contributed by atoms with Gasteiger partial charge in [0.25, 0.3) is 5.91 Å². The number of hydrazine groups is 1. The Labute approximate surface area is 117 Å². The third kappa shape index (κ3) is 2.98. The van der Waals surface area contributed by atoms with E-state index >= 15 is 0 Å². The van der Waals surface area contributed by atoms with Crippen molar-refractivity contribution < 1.29 is 14.1 Å². The highest BCUT2D eigenvalue weighted by Crippen LogP contribution is 2.34. The summed E-state index contributed by atoms with van der Waals surface area (Å²) in [6.07, 6.45) is 0.549. The Balaban J connectivity index is 2.02. The lowest BCUT2D eigenvalue weighted by atomic mass is 9.80. The van der Waals surface area contributed by atoms with Crippen molar-refractivity contribution >= 4 is 11.8 Å². The molecule has 3 N–H and O–H groups in total. The first kappa shape index (κ1) is 14.5. The zero-order valence-electron chi connectivity index (χ0n) is 12.0. The lowest BCUT2D eigenvalue weighted by molar-refractivity contribution is -0.128. The Morgan fingerprint density at radius 3 is 2.85 bits per heavy atom. The standard InChI is InChI=1S/C13H20N4O3/c1-13(2,3)8-4-11(18)17(6-8)7-9-5-10(16-20-9)12(19)15-14/h5,8H,4,6-7,14H2,1-3H3,(H,15,19). The molecule has 1 aromatic heterocycles. The van der Waals surface area contributed by atoms with E-state index in [1.54, 1.807) is 4.90 Å². The molecule has 7 nitrogen and oxygen atoms in total. The number of nitrogens with two attached hydrogens (primary N) is 1. The van der Waals surface area contributed by atoms with Gasteiger partial charge in [-0.25, -0.2) is 5.84 Å². The van der Waals surface area contributed by atoms with Gasteiger partial charge < -0.3 is 9.42 Å². The number of nitrogens with zero attached hydrogens (tertiary/aromatic N) is 2. The minimum Gasteiger partial charge on any atom is -0.359 e. The highest BCUT2D eigenvalue weighted by molar-refractivity contribution is 5.91. The summed E-state index contributed by atoms with van der Waals surface area (Å²) in [5.74, 6) is 5.41. The highest BCUT2D eigenvalue weighted by atomic mass is 16.5. The number of carbonyl (C=O) groups is 2. The van der Waals surface area contributed by atoms with Gasteiger partial charge in [-0.1, -0.05) is 25.9 Å². The summed E-state index contributed by atoms with van der Waals surface area (Å²) in [6.45, 7) is 7.42. The minimum absolute atomic E-state index is 0.0937. The zero-order valence-corrected chi connectivity index (χ0v) is 12.0. The van der Waals surface area contributed by atoms with Crippen LogP contribution in [0.2, 0.25) is 0 Å². The van der Waals surface area contributed by atoms with Crippen LogP contribution in [0.5, 0.6) is 0 Å². The predicted octanol–water partition coefficient (Wildman–Crippen LogP) is 0.673. The molecule has 1 aliphatic rings. The molecule has 2 amide bonds. The maximum Gasteiger partial charge on any atom is 0.287 e. The van der Waals surface area contributed by atoms with E-state index in [1.807, 2.05) is 5.43 Å². The summed E-state index contributed by atoms with van der Waals surface area (Å²) in [7, 11) is 0. The molecule has 7 heteroatoms. The highest BCUT2D eigenvalue weighted by Gasteiger charge is 2.37. The summed E-state index contributed by atoms with van der Waals surface area (Å²) < 4.78 is 5.06. The average molecular weight is 280 g/mol. The Morgan fingerprint density at radius 2 is 2.30 bits per heavy atom. The third-order valence-electron chi connectivity index (χ3n) is 3.71. The number of nitrogen functional groups attached to an aromatic ring is 1. The molecule has 0 spiro atoms. The number of carbonyl (C=O) groups excluding carboxylic acids is 2. The van der Waals surface area contributed by atoms with Crippen molar-refractivity contribution in [2.45, 2.75) is 33.7 Å². The first-order valence-electron chi connectivity index (χ1n) is 6.55. The van der Waals surface area contributed by atoms with Gasteiger partial charge in [-0.05, 0) is 11.3 Å². The van der Waals surface area contributed by atoms with Crippen molar-refractivity contribution in [1.82, 2.24) is 15.5 Å². The largest absolute Gasteiger partial charge is 0.359 e. The molecule has 110 valence electrons. The van der Waals surface area contributed by atoms with Crippen LogP contribution in [0.1, 0.15) is 43.4 Å². The zero-order chi connectivity index (χ0) is 14.9. The van der Waals surface area contributed by atoms with Crippen molar-refractivity contribution in [2.24, 2.45) is 17.2 Å². The molecule has 1 fully saturated rings. The summed E-state index contributed by atoms with van der Waals surface area (Å²) in [4.78, 5) is 25.0. The third-order valence-corrected chi connectivity index (χ3v) is 3.71. The molecule has 0 aromatic carbocycles. The average Bonchev–Trinajstić information content (AvgIpc) is 2.96. The van der Waals surface area contributed by atoms with E-state index in [9.17, 15) is 9.59 Å². The lowest BCUT2D eigenvalue weighted by Gasteiger charge is -2.26. The molecule has 0 bridgehead atoms. The minimum atomic E-state index is -0.514. The Hall–Kier alpha value is -1.89. The molecule has 1 aliphatic heterocycles. The van der Waals surface area contributed by atoms with Crippen LogP contribution in [0.3, 0.4) is 0 Å². The van der Waals surface area contributed by atoms with Gasteiger partial charge in [-0.3, -0.25) is 15.0 Å². The van der Waals surface area contributed by atoms with Gasteiger partial charge in [0, 0.05) is 19.0 Å². The summed E-state index contributed by atoms with van der Waals surface area (Å²) in [5, 5.41) is 3.62. The fraction of sp³-hybridized carbons (Fsp3) is 0.615. The van der Waals surface area contributed by atoms with Gasteiger partial charge in [0.05, 0.1) is 6.54 Å². The molecule has 0 radical (unpaired) electrons. The van der Waals surface area contributed by atoms with Gasteiger partial charge in [0.2, 0.25) is 5.91 Å². The number of rotatable bonds is 3. The van der Waals surface area contributed by atoms with Crippen molar-refractivity contribution in [3.8, 4) is 0 Å². The first-order valence-corrected chi connectivity index (χ1v) is 6.55. The van der Waals surface area contributed by atoms with Gasteiger partial charge in [0.15, 0.2) is 11.5 Å². The summed E-state index contributed by atoms with van der Waals surface area (Å²) in [6, 6.07) is 1.50. The molecular weight excluding hydrogens is 260 g/mol. The van der Waals surface area contributed by atoms with Crippen LogP contribution in [0.25, 0.3) is 0 Å². The van der Waals surface area contributed by atoms with Crippen LogP contribution in [-0.4, -0.2) is 28.4 Å². The van der Waals surface area contributed by atoms with Crippen LogP contribution in [0.4, 0.5) is 0 Å². The lowest BCUT2D eigenvalue weighted by Crippen LogP contribution is -2.30. The summed E-state index contributed by atoms with van der Waals surface area (Å²) >= 11 is 0. The van der Waals surface area contributed by atoms with Crippen LogP contribution in [0, 0.1) is 11.3 Å². The van der Waals surface area contributed by atoms with Gasteiger partial charge >= 0.3 is 0 Å². The molecule has 1 aromatic rings. The van der Waals surface area contributed by atoms with Crippen molar-refractivity contribution in [3.63, 3.8) is 0 Å². The maximum atomic E-state index is 12.0. The van der Waals surface area contributed by atoms with Crippen LogP contribution in [0.15, 0.2) is 10.6 Å². The normalized spacial score (nSPS) is 19.5. The molecule has 1 atom stereocenters. The second-order valence-corrected chi connectivity index (χ2v) is 6.19. The Morgan fingerprint density at radius 1 is 1.60 bits per heavy atom. The fourth-order valence-corrected chi connectivity index (χ4v) is 2.26. The van der Waals surface area contributed by atoms with Crippen LogP contribution >= 0.6 is 0 Å². The quantitative estimate of drug-likeness (QED) is 0.481. The molecule has 2 heterocycles.